The van der Waals surface area contributed by atoms with Gasteiger partial charge in [0.15, 0.2) is 11.6 Å². The highest BCUT2D eigenvalue weighted by molar-refractivity contribution is 5.92. The Balaban J connectivity index is 0.000000198. The second kappa shape index (κ2) is 11.4. The van der Waals surface area contributed by atoms with Crippen LogP contribution in [0.3, 0.4) is 0 Å². The number of hydrogen-bond acceptors (Lipinski definition) is 7. The fourth-order valence-corrected chi connectivity index (χ4v) is 3.55. The molecule has 1 atom stereocenters. The average molecular weight is 493 g/mol. The van der Waals surface area contributed by atoms with Gasteiger partial charge in [0.05, 0.1) is 17.9 Å². The number of likely N-dealkylation sites (tertiary alicyclic amines) is 1. The van der Waals surface area contributed by atoms with Gasteiger partial charge in [0, 0.05) is 18.7 Å². The number of rotatable bonds is 4. The molecule has 1 aliphatic heterocycles. The summed E-state index contributed by atoms with van der Waals surface area (Å²) in [5.41, 5.74) is 10.6. The van der Waals surface area contributed by atoms with E-state index in [4.69, 9.17) is 11.5 Å². The van der Waals surface area contributed by atoms with Gasteiger partial charge in [-0.3, -0.25) is 4.79 Å². The number of piperidine rings is 1. The van der Waals surface area contributed by atoms with Gasteiger partial charge in [-0.1, -0.05) is 0 Å². The third kappa shape index (κ3) is 6.52. The molecule has 1 saturated heterocycles. The van der Waals surface area contributed by atoms with Crippen LogP contribution < -0.4 is 16.2 Å². The lowest BCUT2D eigenvalue weighted by Crippen LogP contribution is -2.42. The number of ether oxygens (including phenoxy) is 1. The lowest BCUT2D eigenvalue weighted by Gasteiger charge is -2.33. The first-order valence-corrected chi connectivity index (χ1v) is 10.6. The summed E-state index contributed by atoms with van der Waals surface area (Å²) in [4.78, 5) is 29.0. The van der Waals surface area contributed by atoms with Crippen molar-refractivity contribution in [2.24, 2.45) is 10.7 Å². The molecule has 13 heteroatoms. The number of anilines is 1. The second-order valence-corrected chi connectivity index (χ2v) is 7.57. The highest BCUT2D eigenvalue weighted by atomic mass is 19.3. The molecule has 2 aromatic heterocycles. The summed E-state index contributed by atoms with van der Waals surface area (Å²) in [5, 5.41) is 0.119. The zero-order valence-corrected chi connectivity index (χ0v) is 18.7. The van der Waals surface area contributed by atoms with Gasteiger partial charge >= 0.3 is 6.61 Å². The third-order valence-corrected chi connectivity index (χ3v) is 5.16. The fourth-order valence-electron chi connectivity index (χ4n) is 3.55. The van der Waals surface area contributed by atoms with Crippen molar-refractivity contribution in [2.45, 2.75) is 38.8 Å². The number of nitrogens with zero attached hydrogens (tertiary/aromatic N) is 5. The molecular formula is C22H23F4N7O2. The number of pyridine rings is 1. The van der Waals surface area contributed by atoms with E-state index < -0.39 is 18.2 Å². The minimum atomic E-state index is -2.88. The molecule has 1 fully saturated rings. The summed E-state index contributed by atoms with van der Waals surface area (Å²) in [5.74, 6) is -1.89. The van der Waals surface area contributed by atoms with Crippen molar-refractivity contribution >= 4 is 34.9 Å². The van der Waals surface area contributed by atoms with Crippen molar-refractivity contribution in [1.29, 1.82) is 0 Å². The van der Waals surface area contributed by atoms with Crippen LogP contribution in [0.15, 0.2) is 35.5 Å². The fraction of sp³-hybridized carbons (Fsp3) is 0.318. The van der Waals surface area contributed by atoms with Crippen LogP contribution in [0.5, 0.6) is 5.75 Å². The molecule has 0 spiro atoms. The van der Waals surface area contributed by atoms with Crippen LogP contribution in [-0.4, -0.2) is 51.3 Å². The summed E-state index contributed by atoms with van der Waals surface area (Å²) < 4.78 is 54.6. The number of benzene rings is 1. The smallest absolute Gasteiger partial charge is 0.387 e. The van der Waals surface area contributed by atoms with E-state index in [1.807, 2.05) is 6.92 Å². The Morgan fingerprint density at radius 1 is 1.26 bits per heavy atom. The van der Waals surface area contributed by atoms with Gasteiger partial charge in [-0.25, -0.2) is 23.7 Å². The monoisotopic (exact) mass is 493 g/mol. The molecule has 1 aromatic carbocycles. The number of alkyl halides is 2. The Morgan fingerprint density at radius 3 is 2.66 bits per heavy atom. The molecule has 0 bridgehead atoms. The van der Waals surface area contributed by atoms with E-state index in [1.54, 1.807) is 4.90 Å². The predicted molar refractivity (Wildman–Crippen MR) is 121 cm³/mol. The van der Waals surface area contributed by atoms with Crippen LogP contribution in [0, 0.1) is 11.6 Å². The highest BCUT2D eigenvalue weighted by Crippen LogP contribution is 2.26. The number of aliphatic imine (C=N–C) groups is 1. The molecule has 1 amide bonds. The van der Waals surface area contributed by atoms with E-state index in [2.05, 4.69) is 24.7 Å². The average Bonchev–Trinajstić information content (AvgIpc) is 2.80. The van der Waals surface area contributed by atoms with Gasteiger partial charge in [0.1, 0.15) is 22.8 Å². The largest absolute Gasteiger partial charge is 0.433 e. The first-order valence-electron chi connectivity index (χ1n) is 10.6. The van der Waals surface area contributed by atoms with Gasteiger partial charge in [-0.2, -0.15) is 13.8 Å². The first kappa shape index (κ1) is 25.6. The molecule has 0 unspecified atom stereocenters. The molecule has 186 valence electrons. The number of amides is 1. The zero-order valence-electron chi connectivity index (χ0n) is 18.7. The number of halogens is 4. The van der Waals surface area contributed by atoms with E-state index in [-0.39, 0.29) is 46.1 Å². The Bertz CT molecular complexity index is 1210. The van der Waals surface area contributed by atoms with Crippen molar-refractivity contribution in [3.05, 3.63) is 47.8 Å². The highest BCUT2D eigenvalue weighted by Gasteiger charge is 2.25. The predicted octanol–water partition coefficient (Wildman–Crippen LogP) is 3.81. The summed E-state index contributed by atoms with van der Waals surface area (Å²) in [6.07, 6.45) is 5.21. The van der Waals surface area contributed by atoms with Crippen LogP contribution in [-0.2, 0) is 0 Å². The second-order valence-electron chi connectivity index (χ2n) is 7.57. The van der Waals surface area contributed by atoms with E-state index in [9.17, 15) is 22.4 Å². The number of hydrogen-bond donors (Lipinski definition) is 2. The molecule has 3 heterocycles. The molecule has 35 heavy (non-hydrogen) atoms. The Morgan fingerprint density at radius 2 is 2.03 bits per heavy atom. The Hall–Kier alpha value is -4.03. The lowest BCUT2D eigenvalue weighted by molar-refractivity contribution is -0.0500. The van der Waals surface area contributed by atoms with Gasteiger partial charge in [0.2, 0.25) is 5.95 Å². The molecule has 4 N–H and O–H groups in total. The van der Waals surface area contributed by atoms with Gasteiger partial charge in [0.25, 0.3) is 5.91 Å². The Labute approximate surface area is 197 Å². The number of carbonyl (C=O) groups excluding carboxylic acids is 1. The number of carbonyl (C=O) groups is 1. The zero-order chi connectivity index (χ0) is 25.5. The normalized spacial score (nSPS) is 15.8. The number of aromatic nitrogens is 3. The van der Waals surface area contributed by atoms with Gasteiger partial charge in [-0.15, -0.1) is 0 Å². The molecule has 9 nitrogen and oxygen atoms in total. The van der Waals surface area contributed by atoms with E-state index in [0.29, 0.717) is 6.07 Å². The number of fused-ring (bicyclic) bond motifs is 1. The van der Waals surface area contributed by atoms with Crippen molar-refractivity contribution in [1.82, 2.24) is 19.9 Å². The maximum atomic E-state index is 13.4. The molecule has 0 radical (unpaired) electrons. The maximum Gasteiger partial charge on any atom is 0.387 e. The summed E-state index contributed by atoms with van der Waals surface area (Å²) in [7, 11) is 0. The van der Waals surface area contributed by atoms with Crippen LogP contribution >= 0.6 is 0 Å². The quantitative estimate of drug-likeness (QED) is 0.321. The SMILES string of the molecule is C[C@H]1CCCCN1C(=O)c1ccc(OC(F)F)cn1.NC=Nc1nc(N)nc2c(F)cc(F)cc12. The summed E-state index contributed by atoms with van der Waals surface area (Å²) in [6, 6.07) is 4.73. The molecule has 4 rings (SSSR count). The topological polar surface area (TPSA) is 133 Å². The third-order valence-electron chi connectivity index (χ3n) is 5.16. The number of nitrogen functional groups attached to an aromatic ring is 1. The van der Waals surface area contributed by atoms with Crippen molar-refractivity contribution in [3.63, 3.8) is 0 Å². The van der Waals surface area contributed by atoms with Crippen LogP contribution in [0.2, 0.25) is 0 Å². The molecule has 0 saturated carbocycles. The van der Waals surface area contributed by atoms with Crippen LogP contribution in [0.4, 0.5) is 29.3 Å². The first-order chi connectivity index (χ1) is 16.7. The van der Waals surface area contributed by atoms with Crippen LogP contribution in [0.1, 0.15) is 36.7 Å². The van der Waals surface area contributed by atoms with E-state index >= 15 is 0 Å². The molecule has 1 aliphatic rings. The van der Waals surface area contributed by atoms with Crippen molar-refractivity contribution in [3.8, 4) is 5.75 Å². The van der Waals surface area contributed by atoms with Gasteiger partial charge in [-0.05, 0) is 44.4 Å². The standard InChI is InChI=1S/C13H16F2N2O2.C9H7F2N5/c1-9-4-2-3-7-17(9)12(18)11-6-5-10(8-16-11)19-13(14)15;10-4-1-5-7(6(11)2-4)15-9(13)16-8(5)14-3-12/h5-6,8-9,13H,2-4,7H2,1H3;1-3H,(H4,12,13,14,15,16)/t9-;/m0./s1. The minimum absolute atomic E-state index is 0.0309. The summed E-state index contributed by atoms with van der Waals surface area (Å²) in [6.45, 7) is -0.159. The lowest BCUT2D eigenvalue weighted by atomic mass is 10.0. The molecule has 3 aromatic rings. The maximum absolute atomic E-state index is 13.4. The summed E-state index contributed by atoms with van der Waals surface area (Å²) >= 11 is 0. The van der Waals surface area contributed by atoms with Crippen molar-refractivity contribution in [2.75, 3.05) is 12.3 Å². The Kier molecular flexibility index (Phi) is 8.34. The molecule has 0 aliphatic carbocycles. The van der Waals surface area contributed by atoms with Crippen molar-refractivity contribution < 1.29 is 27.1 Å². The molecular weight excluding hydrogens is 470 g/mol. The minimum Gasteiger partial charge on any atom is -0.433 e. The van der Waals surface area contributed by atoms with E-state index in [0.717, 1.165) is 44.4 Å². The van der Waals surface area contributed by atoms with Crippen LogP contribution in [0.25, 0.3) is 10.9 Å². The van der Waals surface area contributed by atoms with E-state index in [1.165, 1.54) is 12.1 Å². The number of nitrogens with two attached hydrogens (primary N) is 2. The van der Waals surface area contributed by atoms with Gasteiger partial charge < -0.3 is 21.1 Å².